The second-order valence-corrected chi connectivity index (χ2v) is 5.25. The van der Waals surface area contributed by atoms with Crippen LogP contribution in [0.25, 0.3) is 0 Å². The Balaban J connectivity index is 2.19. The van der Waals surface area contributed by atoms with Gasteiger partial charge in [-0.2, -0.15) is 0 Å². The highest BCUT2D eigenvalue weighted by Gasteiger charge is 2.10. The van der Waals surface area contributed by atoms with Gasteiger partial charge in [0.1, 0.15) is 5.82 Å². The summed E-state index contributed by atoms with van der Waals surface area (Å²) in [4.78, 5) is 0. The van der Waals surface area contributed by atoms with Crippen LogP contribution >= 0.6 is 11.6 Å². The van der Waals surface area contributed by atoms with Crippen LogP contribution in [0, 0.1) is 19.7 Å². The van der Waals surface area contributed by atoms with Crippen LogP contribution in [0.2, 0.25) is 0 Å². The molecule has 18 heavy (non-hydrogen) atoms. The molecule has 1 atom stereocenters. The fourth-order valence-corrected chi connectivity index (χ4v) is 2.48. The van der Waals surface area contributed by atoms with Gasteiger partial charge in [-0.05, 0) is 43.5 Å². The lowest BCUT2D eigenvalue weighted by atomic mass is 10.0. The van der Waals surface area contributed by atoms with Crippen molar-refractivity contribution in [2.24, 2.45) is 0 Å². The Kier molecular flexibility index (Phi) is 4.03. The van der Waals surface area contributed by atoms with Gasteiger partial charge in [0.2, 0.25) is 0 Å². The first-order chi connectivity index (χ1) is 8.54. The van der Waals surface area contributed by atoms with E-state index in [9.17, 15) is 4.39 Å². The van der Waals surface area contributed by atoms with Crippen LogP contribution in [0.3, 0.4) is 0 Å². The second-order valence-electron chi connectivity index (χ2n) is 4.72. The number of hydrogen-bond donors (Lipinski definition) is 0. The molecule has 0 bridgehead atoms. The van der Waals surface area contributed by atoms with E-state index in [0.29, 0.717) is 6.42 Å². The van der Waals surface area contributed by atoms with Gasteiger partial charge in [0.05, 0.1) is 5.38 Å². The highest BCUT2D eigenvalue weighted by atomic mass is 35.5. The minimum absolute atomic E-state index is 0.120. The highest BCUT2D eigenvalue weighted by molar-refractivity contribution is 6.20. The van der Waals surface area contributed by atoms with Crippen LogP contribution < -0.4 is 0 Å². The van der Waals surface area contributed by atoms with Gasteiger partial charge in [-0.1, -0.05) is 41.5 Å². The highest BCUT2D eigenvalue weighted by Crippen LogP contribution is 2.26. The van der Waals surface area contributed by atoms with Crippen molar-refractivity contribution in [2.45, 2.75) is 25.6 Å². The molecule has 0 aliphatic heterocycles. The maximum atomic E-state index is 13.1. The number of aryl methyl sites for hydroxylation is 2. The fraction of sp³-hybridized carbons (Fsp3) is 0.250. The number of alkyl halides is 1. The average molecular weight is 263 g/mol. The molecular weight excluding hydrogens is 247 g/mol. The van der Waals surface area contributed by atoms with E-state index in [1.165, 1.54) is 23.3 Å². The quantitative estimate of drug-likeness (QED) is 0.686. The minimum Gasteiger partial charge on any atom is -0.207 e. The molecule has 2 aromatic carbocycles. The molecule has 0 amide bonds. The molecule has 0 aliphatic carbocycles. The van der Waals surface area contributed by atoms with Crippen molar-refractivity contribution in [1.29, 1.82) is 0 Å². The van der Waals surface area contributed by atoms with Crippen molar-refractivity contribution in [3.05, 3.63) is 70.5 Å². The van der Waals surface area contributed by atoms with Crippen molar-refractivity contribution < 1.29 is 4.39 Å². The molecule has 0 aromatic heterocycles. The molecule has 0 aliphatic rings. The smallest absolute Gasteiger partial charge is 0.123 e. The maximum Gasteiger partial charge on any atom is 0.123 e. The SMILES string of the molecule is Cc1cc(C)cc(C(Cl)Cc2cccc(F)c2)c1. The first-order valence-electron chi connectivity index (χ1n) is 6.01. The number of halogens is 2. The average Bonchev–Trinajstić information content (AvgIpc) is 2.27. The molecule has 2 heteroatoms. The number of hydrogen-bond acceptors (Lipinski definition) is 0. The Morgan fingerprint density at radius 2 is 1.72 bits per heavy atom. The molecular formula is C16H16ClF. The molecule has 2 rings (SSSR count). The zero-order valence-electron chi connectivity index (χ0n) is 10.6. The molecule has 0 N–H and O–H groups in total. The van der Waals surface area contributed by atoms with E-state index >= 15 is 0 Å². The first kappa shape index (κ1) is 13.1. The number of benzene rings is 2. The normalized spacial score (nSPS) is 12.4. The predicted molar refractivity (Wildman–Crippen MR) is 74.6 cm³/mol. The lowest BCUT2D eigenvalue weighted by Crippen LogP contribution is -1.97. The van der Waals surface area contributed by atoms with Gasteiger partial charge >= 0.3 is 0 Å². The molecule has 0 fully saturated rings. The van der Waals surface area contributed by atoms with Gasteiger partial charge in [0.25, 0.3) is 0 Å². The van der Waals surface area contributed by atoms with E-state index in [2.05, 4.69) is 32.0 Å². The van der Waals surface area contributed by atoms with E-state index in [1.54, 1.807) is 6.07 Å². The Morgan fingerprint density at radius 1 is 1.06 bits per heavy atom. The third-order valence-corrected chi connectivity index (χ3v) is 3.32. The summed E-state index contributed by atoms with van der Waals surface area (Å²) in [5.41, 5.74) is 4.43. The monoisotopic (exact) mass is 262 g/mol. The van der Waals surface area contributed by atoms with Gasteiger partial charge in [-0.3, -0.25) is 0 Å². The summed E-state index contributed by atoms with van der Waals surface area (Å²) in [5, 5.41) is -0.120. The van der Waals surface area contributed by atoms with Crippen LogP contribution in [0.1, 0.15) is 27.6 Å². The van der Waals surface area contributed by atoms with Crippen LogP contribution in [0.4, 0.5) is 4.39 Å². The molecule has 0 radical (unpaired) electrons. The standard InChI is InChI=1S/C16H16ClF/c1-11-6-12(2)8-14(7-11)16(17)10-13-4-3-5-15(18)9-13/h3-9,16H,10H2,1-2H3. The zero-order valence-corrected chi connectivity index (χ0v) is 11.3. The summed E-state index contributed by atoms with van der Waals surface area (Å²) >= 11 is 6.41. The van der Waals surface area contributed by atoms with Crippen molar-refractivity contribution in [1.82, 2.24) is 0 Å². The van der Waals surface area contributed by atoms with Gasteiger partial charge in [0.15, 0.2) is 0 Å². The Bertz CT molecular complexity index is 528. The molecule has 0 spiro atoms. The molecule has 0 saturated heterocycles. The summed E-state index contributed by atoms with van der Waals surface area (Å²) in [5.74, 6) is -0.211. The van der Waals surface area contributed by atoms with Gasteiger partial charge in [-0.25, -0.2) is 4.39 Å². The minimum atomic E-state index is -0.211. The second kappa shape index (κ2) is 5.53. The summed E-state index contributed by atoms with van der Waals surface area (Å²) in [6.07, 6.45) is 0.641. The largest absolute Gasteiger partial charge is 0.207 e. The third-order valence-electron chi connectivity index (χ3n) is 2.91. The molecule has 94 valence electrons. The summed E-state index contributed by atoms with van der Waals surface area (Å²) in [6.45, 7) is 4.12. The lowest BCUT2D eigenvalue weighted by molar-refractivity contribution is 0.625. The Labute approximate surface area is 112 Å². The molecule has 0 heterocycles. The van der Waals surface area contributed by atoms with E-state index in [1.807, 2.05) is 6.07 Å². The predicted octanol–water partition coefficient (Wildman–Crippen LogP) is 4.97. The van der Waals surface area contributed by atoms with Gasteiger partial charge in [0, 0.05) is 0 Å². The van der Waals surface area contributed by atoms with Crippen LogP contribution in [0.15, 0.2) is 42.5 Å². The lowest BCUT2D eigenvalue weighted by Gasteiger charge is -2.12. The summed E-state index contributed by atoms with van der Waals surface area (Å²) in [7, 11) is 0. The van der Waals surface area contributed by atoms with Crippen molar-refractivity contribution >= 4 is 11.6 Å². The summed E-state index contributed by atoms with van der Waals surface area (Å²) < 4.78 is 13.1. The van der Waals surface area contributed by atoms with E-state index in [4.69, 9.17) is 11.6 Å². The number of rotatable bonds is 3. The topological polar surface area (TPSA) is 0 Å². The van der Waals surface area contributed by atoms with Crippen LogP contribution in [0.5, 0.6) is 0 Å². The fourth-order valence-electron chi connectivity index (χ4n) is 2.18. The molecule has 2 aromatic rings. The maximum absolute atomic E-state index is 13.1. The molecule has 0 saturated carbocycles. The zero-order chi connectivity index (χ0) is 13.1. The Morgan fingerprint density at radius 3 is 2.33 bits per heavy atom. The van der Waals surface area contributed by atoms with Gasteiger partial charge in [-0.15, -0.1) is 11.6 Å². The van der Waals surface area contributed by atoms with Crippen LogP contribution in [-0.2, 0) is 6.42 Å². The van der Waals surface area contributed by atoms with Crippen molar-refractivity contribution in [3.63, 3.8) is 0 Å². The van der Waals surface area contributed by atoms with Crippen LogP contribution in [-0.4, -0.2) is 0 Å². The van der Waals surface area contributed by atoms with E-state index in [0.717, 1.165) is 11.1 Å². The van der Waals surface area contributed by atoms with Crippen molar-refractivity contribution in [2.75, 3.05) is 0 Å². The van der Waals surface area contributed by atoms with E-state index in [-0.39, 0.29) is 11.2 Å². The first-order valence-corrected chi connectivity index (χ1v) is 6.45. The molecule has 0 nitrogen and oxygen atoms in total. The van der Waals surface area contributed by atoms with Gasteiger partial charge < -0.3 is 0 Å². The van der Waals surface area contributed by atoms with E-state index < -0.39 is 0 Å². The third kappa shape index (κ3) is 3.33. The summed E-state index contributed by atoms with van der Waals surface area (Å²) in [6, 6.07) is 12.9. The molecule has 1 unspecified atom stereocenters. The Hall–Kier alpha value is -1.34. The van der Waals surface area contributed by atoms with Crippen molar-refractivity contribution in [3.8, 4) is 0 Å².